The minimum Gasteiger partial charge on any atom is -0.379 e. The maximum Gasteiger partial charge on any atom is 0.233 e. The highest BCUT2D eigenvalue weighted by atomic mass is 16.5. The molecule has 6 nitrogen and oxygen atoms in total. The lowest BCUT2D eigenvalue weighted by Gasteiger charge is -2.35. The van der Waals surface area contributed by atoms with E-state index in [4.69, 9.17) is 14.0 Å². The molecule has 2 unspecified atom stereocenters. The summed E-state index contributed by atoms with van der Waals surface area (Å²) in [5.41, 5.74) is -0.372. The zero-order chi connectivity index (χ0) is 14.9. The Hall–Kier alpha value is -0.980. The van der Waals surface area contributed by atoms with Crippen molar-refractivity contribution in [3.05, 3.63) is 11.7 Å². The molecule has 1 aromatic heterocycles. The molecule has 1 N–H and O–H groups in total. The molecule has 1 aliphatic heterocycles. The molecule has 1 saturated carbocycles. The average molecular weight is 295 g/mol. The highest BCUT2D eigenvalue weighted by Gasteiger charge is 2.42. The summed E-state index contributed by atoms with van der Waals surface area (Å²) in [7, 11) is 3.68. The van der Waals surface area contributed by atoms with E-state index in [1.54, 1.807) is 7.11 Å². The third-order valence-corrected chi connectivity index (χ3v) is 5.09. The smallest absolute Gasteiger partial charge is 0.233 e. The summed E-state index contributed by atoms with van der Waals surface area (Å²) >= 11 is 0. The fourth-order valence-electron chi connectivity index (χ4n) is 3.40. The minimum absolute atomic E-state index is 0.132. The van der Waals surface area contributed by atoms with E-state index in [0.717, 1.165) is 31.6 Å². The first-order chi connectivity index (χ1) is 10.2. The maximum atomic E-state index is 5.81. The van der Waals surface area contributed by atoms with E-state index < -0.39 is 0 Å². The van der Waals surface area contributed by atoms with Gasteiger partial charge in [0, 0.05) is 13.2 Å². The van der Waals surface area contributed by atoms with Crippen molar-refractivity contribution in [2.75, 3.05) is 27.4 Å². The summed E-state index contributed by atoms with van der Waals surface area (Å²) in [5.74, 6) is 2.25. The Kier molecular flexibility index (Phi) is 4.28. The first-order valence-electron chi connectivity index (χ1n) is 7.83. The van der Waals surface area contributed by atoms with Crippen LogP contribution >= 0.6 is 0 Å². The molecule has 1 aromatic rings. The molecule has 3 rings (SSSR count). The van der Waals surface area contributed by atoms with Gasteiger partial charge in [0.25, 0.3) is 0 Å². The van der Waals surface area contributed by atoms with Crippen molar-refractivity contribution in [1.82, 2.24) is 15.5 Å². The van der Waals surface area contributed by atoms with Gasteiger partial charge < -0.3 is 19.3 Å². The number of nitrogens with zero attached hydrogens (tertiary/aromatic N) is 2. The highest BCUT2D eigenvalue weighted by Crippen LogP contribution is 2.41. The van der Waals surface area contributed by atoms with Crippen LogP contribution in [-0.4, -0.2) is 43.6 Å². The van der Waals surface area contributed by atoms with E-state index in [0.29, 0.717) is 24.9 Å². The van der Waals surface area contributed by atoms with Gasteiger partial charge in [0.05, 0.1) is 19.1 Å². The number of methoxy groups -OCH3 is 1. The third-order valence-electron chi connectivity index (χ3n) is 5.09. The highest BCUT2D eigenvalue weighted by molar-refractivity contribution is 5.08. The summed E-state index contributed by atoms with van der Waals surface area (Å²) in [6, 6.07) is 0.239. The lowest BCUT2D eigenvalue weighted by Crippen LogP contribution is -2.34. The molecule has 0 spiro atoms. The van der Waals surface area contributed by atoms with Crippen molar-refractivity contribution in [1.29, 1.82) is 0 Å². The quantitative estimate of drug-likeness (QED) is 0.914. The van der Waals surface area contributed by atoms with E-state index in [1.807, 2.05) is 7.05 Å². The molecule has 6 heteroatoms. The summed E-state index contributed by atoms with van der Waals surface area (Å²) in [4.78, 5) is 4.66. The summed E-state index contributed by atoms with van der Waals surface area (Å²) < 4.78 is 16.9. The number of rotatable bonds is 4. The third kappa shape index (κ3) is 2.72. The van der Waals surface area contributed by atoms with Crippen LogP contribution in [0.25, 0.3) is 0 Å². The number of likely N-dealkylation sites (N-methyl/N-ethyl adjacent to an activating group) is 1. The molecular weight excluding hydrogens is 270 g/mol. The van der Waals surface area contributed by atoms with E-state index in [-0.39, 0.29) is 17.6 Å². The molecule has 1 saturated heterocycles. The molecule has 2 fully saturated rings. The second-order valence-corrected chi connectivity index (χ2v) is 6.38. The minimum atomic E-state index is -0.372. The summed E-state index contributed by atoms with van der Waals surface area (Å²) in [6.07, 6.45) is 4.20. The van der Waals surface area contributed by atoms with Crippen LogP contribution < -0.4 is 5.32 Å². The summed E-state index contributed by atoms with van der Waals surface area (Å²) in [6.45, 7) is 3.60. The number of ether oxygens (including phenoxy) is 2. The van der Waals surface area contributed by atoms with Crippen LogP contribution in [0.4, 0.5) is 0 Å². The first-order valence-corrected chi connectivity index (χ1v) is 7.83. The first kappa shape index (κ1) is 14.9. The van der Waals surface area contributed by atoms with Crippen molar-refractivity contribution in [2.24, 2.45) is 5.92 Å². The van der Waals surface area contributed by atoms with E-state index >= 15 is 0 Å². The normalized spacial score (nSPS) is 37.0. The van der Waals surface area contributed by atoms with Crippen LogP contribution in [0.3, 0.4) is 0 Å². The predicted octanol–water partition coefficient (Wildman–Crippen LogP) is 1.82. The van der Waals surface area contributed by atoms with Gasteiger partial charge in [-0.25, -0.2) is 0 Å². The Morgan fingerprint density at radius 1 is 1.29 bits per heavy atom. The van der Waals surface area contributed by atoms with Crippen LogP contribution in [0.2, 0.25) is 0 Å². The van der Waals surface area contributed by atoms with Gasteiger partial charge in [0.1, 0.15) is 5.60 Å². The van der Waals surface area contributed by atoms with E-state index in [2.05, 4.69) is 22.4 Å². The van der Waals surface area contributed by atoms with Crippen molar-refractivity contribution < 1.29 is 14.0 Å². The van der Waals surface area contributed by atoms with Gasteiger partial charge in [-0.3, -0.25) is 0 Å². The van der Waals surface area contributed by atoms with Gasteiger partial charge in [-0.05, 0) is 38.6 Å². The van der Waals surface area contributed by atoms with E-state index in [1.165, 1.54) is 0 Å². The molecule has 0 radical (unpaired) electrons. The molecule has 1 aliphatic carbocycles. The predicted molar refractivity (Wildman–Crippen MR) is 77.0 cm³/mol. The maximum absolute atomic E-state index is 5.81. The number of aromatic nitrogens is 2. The Morgan fingerprint density at radius 3 is 2.71 bits per heavy atom. The Balaban J connectivity index is 1.80. The fourth-order valence-corrected chi connectivity index (χ4v) is 3.40. The molecule has 0 bridgehead atoms. The van der Waals surface area contributed by atoms with Crippen molar-refractivity contribution in [3.8, 4) is 0 Å². The van der Waals surface area contributed by atoms with Gasteiger partial charge in [0.2, 0.25) is 11.7 Å². The number of hydrogen-bond acceptors (Lipinski definition) is 6. The molecule has 21 heavy (non-hydrogen) atoms. The van der Waals surface area contributed by atoms with Crippen LogP contribution in [0, 0.1) is 5.92 Å². The number of hydrogen-bond donors (Lipinski definition) is 1. The second-order valence-electron chi connectivity index (χ2n) is 6.38. The number of nitrogens with one attached hydrogen (secondary N) is 1. The molecule has 0 amide bonds. The van der Waals surface area contributed by atoms with Gasteiger partial charge in [-0.1, -0.05) is 12.1 Å². The molecule has 118 valence electrons. The van der Waals surface area contributed by atoms with Crippen LogP contribution in [0.1, 0.15) is 50.2 Å². The Bertz CT molecular complexity index is 468. The molecule has 2 heterocycles. The van der Waals surface area contributed by atoms with Crippen LogP contribution in [0.5, 0.6) is 0 Å². The standard InChI is InChI=1S/C15H25N3O3/c1-10-4-6-15(19-3,7-5-10)14-17-13(21-18-14)11-8-20-9-12(11)16-2/h10-12,16H,4-9H2,1-3H3. The van der Waals surface area contributed by atoms with Crippen LogP contribution in [-0.2, 0) is 15.1 Å². The van der Waals surface area contributed by atoms with E-state index in [9.17, 15) is 0 Å². The second kappa shape index (κ2) is 6.02. The molecular formula is C15H25N3O3. The van der Waals surface area contributed by atoms with Crippen LogP contribution in [0.15, 0.2) is 4.52 Å². The monoisotopic (exact) mass is 295 g/mol. The fraction of sp³-hybridized carbons (Fsp3) is 0.867. The molecule has 2 atom stereocenters. The Morgan fingerprint density at radius 2 is 2.05 bits per heavy atom. The summed E-state index contributed by atoms with van der Waals surface area (Å²) in [5, 5.41) is 7.47. The SMILES string of the molecule is CNC1COCC1c1nc(C2(OC)CCC(C)CC2)no1. The topological polar surface area (TPSA) is 69.4 Å². The molecule has 2 aliphatic rings. The van der Waals surface area contributed by atoms with Gasteiger partial charge in [-0.15, -0.1) is 0 Å². The Labute approximate surface area is 125 Å². The lowest BCUT2D eigenvalue weighted by atomic mass is 9.79. The molecule has 0 aromatic carbocycles. The zero-order valence-electron chi connectivity index (χ0n) is 13.1. The van der Waals surface area contributed by atoms with Gasteiger partial charge in [0.15, 0.2) is 0 Å². The largest absolute Gasteiger partial charge is 0.379 e. The average Bonchev–Trinajstić information content (AvgIpc) is 3.17. The van der Waals surface area contributed by atoms with Crippen molar-refractivity contribution in [2.45, 2.75) is 50.2 Å². The van der Waals surface area contributed by atoms with Gasteiger partial charge in [-0.2, -0.15) is 4.98 Å². The lowest BCUT2D eigenvalue weighted by molar-refractivity contribution is -0.0609. The van der Waals surface area contributed by atoms with Gasteiger partial charge >= 0.3 is 0 Å². The zero-order valence-corrected chi connectivity index (χ0v) is 13.1. The van der Waals surface area contributed by atoms with Crippen molar-refractivity contribution >= 4 is 0 Å². The van der Waals surface area contributed by atoms with Crippen molar-refractivity contribution in [3.63, 3.8) is 0 Å².